The topological polar surface area (TPSA) is 38.3 Å². The molecule has 0 aromatic heterocycles. The number of nitrogens with one attached hydrogen (secondary N) is 1. The second-order valence-electron chi connectivity index (χ2n) is 4.56. The number of ether oxygens (including phenoxy) is 1. The Kier molecular flexibility index (Phi) is 4.52. The predicted octanol–water partition coefficient (Wildman–Crippen LogP) is 3.67. The molecule has 0 aliphatic heterocycles. The van der Waals surface area contributed by atoms with E-state index in [9.17, 15) is 13.6 Å². The first-order valence-electron chi connectivity index (χ1n) is 6.39. The molecule has 1 N–H and O–H groups in total. The van der Waals surface area contributed by atoms with Crippen molar-refractivity contribution in [2.24, 2.45) is 0 Å². The monoisotopic (exact) mass is 291 g/mol. The van der Waals surface area contributed by atoms with Crippen LogP contribution in [-0.4, -0.2) is 13.1 Å². The third kappa shape index (κ3) is 3.18. The van der Waals surface area contributed by atoms with Gasteiger partial charge in [-0.1, -0.05) is 24.3 Å². The van der Waals surface area contributed by atoms with Crippen molar-refractivity contribution in [1.82, 2.24) is 0 Å². The molecule has 5 heteroatoms. The maximum absolute atomic E-state index is 13.9. The standard InChI is InChI=1S/C16H15F2NO2/c1-10-5-3-4-6-11(10)9-19-13-8-7-12(16(20)21-2)14(17)15(13)18/h3-8,19H,9H2,1-2H3. The number of anilines is 1. The minimum absolute atomic E-state index is 0.00315. The van der Waals surface area contributed by atoms with Gasteiger partial charge in [0.2, 0.25) is 0 Å². The average molecular weight is 291 g/mol. The van der Waals surface area contributed by atoms with Crippen LogP contribution in [0.5, 0.6) is 0 Å². The van der Waals surface area contributed by atoms with Crippen LogP contribution >= 0.6 is 0 Å². The molecule has 0 saturated heterocycles. The average Bonchev–Trinajstić information content (AvgIpc) is 2.49. The van der Waals surface area contributed by atoms with Gasteiger partial charge in [-0.05, 0) is 30.2 Å². The van der Waals surface area contributed by atoms with Gasteiger partial charge in [-0.2, -0.15) is 0 Å². The molecule has 0 heterocycles. The van der Waals surface area contributed by atoms with Crippen LogP contribution in [-0.2, 0) is 11.3 Å². The van der Waals surface area contributed by atoms with Gasteiger partial charge >= 0.3 is 5.97 Å². The summed E-state index contributed by atoms with van der Waals surface area (Å²) in [6.07, 6.45) is 0. The third-order valence-corrected chi connectivity index (χ3v) is 3.22. The fourth-order valence-electron chi connectivity index (χ4n) is 1.95. The second-order valence-corrected chi connectivity index (χ2v) is 4.56. The van der Waals surface area contributed by atoms with E-state index in [0.717, 1.165) is 18.2 Å². The Morgan fingerprint density at radius 3 is 2.52 bits per heavy atom. The highest BCUT2D eigenvalue weighted by Gasteiger charge is 2.18. The van der Waals surface area contributed by atoms with Gasteiger partial charge in [0, 0.05) is 6.54 Å². The molecular weight excluding hydrogens is 276 g/mol. The van der Waals surface area contributed by atoms with E-state index in [0.29, 0.717) is 6.54 Å². The maximum Gasteiger partial charge on any atom is 0.340 e. The normalized spacial score (nSPS) is 10.3. The molecular formula is C16H15F2NO2. The van der Waals surface area contributed by atoms with Gasteiger partial charge in [-0.25, -0.2) is 13.6 Å². The maximum atomic E-state index is 13.9. The van der Waals surface area contributed by atoms with Crippen LogP contribution < -0.4 is 5.32 Å². The van der Waals surface area contributed by atoms with Gasteiger partial charge in [-0.15, -0.1) is 0 Å². The highest BCUT2D eigenvalue weighted by Crippen LogP contribution is 2.22. The highest BCUT2D eigenvalue weighted by atomic mass is 19.2. The smallest absolute Gasteiger partial charge is 0.340 e. The fourth-order valence-corrected chi connectivity index (χ4v) is 1.95. The largest absolute Gasteiger partial charge is 0.465 e. The van der Waals surface area contributed by atoms with Gasteiger partial charge in [0.25, 0.3) is 0 Å². The van der Waals surface area contributed by atoms with E-state index < -0.39 is 23.2 Å². The van der Waals surface area contributed by atoms with E-state index in [1.54, 1.807) is 0 Å². The molecule has 0 bridgehead atoms. The number of carbonyl (C=O) groups is 1. The van der Waals surface area contributed by atoms with Crippen LogP contribution in [0.1, 0.15) is 21.5 Å². The Balaban J connectivity index is 2.20. The highest BCUT2D eigenvalue weighted by molar-refractivity contribution is 5.90. The number of esters is 1. The number of halogens is 2. The summed E-state index contributed by atoms with van der Waals surface area (Å²) in [4.78, 5) is 11.3. The SMILES string of the molecule is COC(=O)c1ccc(NCc2ccccc2C)c(F)c1F. The summed E-state index contributed by atoms with van der Waals surface area (Å²) in [5.41, 5.74) is 1.62. The molecule has 0 unspecified atom stereocenters. The zero-order valence-electron chi connectivity index (χ0n) is 11.7. The summed E-state index contributed by atoms with van der Waals surface area (Å²) in [7, 11) is 1.12. The number of aryl methyl sites for hydroxylation is 1. The van der Waals surface area contributed by atoms with Crippen molar-refractivity contribution in [2.75, 3.05) is 12.4 Å². The number of rotatable bonds is 4. The van der Waals surface area contributed by atoms with E-state index in [1.807, 2.05) is 31.2 Å². The van der Waals surface area contributed by atoms with Crippen molar-refractivity contribution in [1.29, 1.82) is 0 Å². The van der Waals surface area contributed by atoms with Gasteiger partial charge in [0.15, 0.2) is 11.6 Å². The molecule has 0 spiro atoms. The van der Waals surface area contributed by atoms with Crippen LogP contribution in [0.25, 0.3) is 0 Å². The molecule has 3 nitrogen and oxygen atoms in total. The lowest BCUT2D eigenvalue weighted by Crippen LogP contribution is -2.09. The van der Waals surface area contributed by atoms with Gasteiger partial charge < -0.3 is 10.1 Å². The van der Waals surface area contributed by atoms with Crippen molar-refractivity contribution in [3.05, 3.63) is 64.7 Å². The summed E-state index contributed by atoms with van der Waals surface area (Å²) in [6.45, 7) is 2.30. The lowest BCUT2D eigenvalue weighted by atomic mass is 10.1. The predicted molar refractivity (Wildman–Crippen MR) is 76.2 cm³/mol. The van der Waals surface area contributed by atoms with Crippen molar-refractivity contribution in [3.8, 4) is 0 Å². The Labute approximate surface area is 121 Å². The number of benzene rings is 2. The van der Waals surface area contributed by atoms with E-state index in [1.165, 1.54) is 12.1 Å². The first kappa shape index (κ1) is 15.0. The third-order valence-electron chi connectivity index (χ3n) is 3.22. The van der Waals surface area contributed by atoms with Gasteiger partial charge in [0.1, 0.15) is 0 Å². The van der Waals surface area contributed by atoms with Crippen molar-refractivity contribution >= 4 is 11.7 Å². The molecule has 0 radical (unpaired) electrons. The molecule has 21 heavy (non-hydrogen) atoms. The minimum Gasteiger partial charge on any atom is -0.465 e. The summed E-state index contributed by atoms with van der Waals surface area (Å²) >= 11 is 0. The second kappa shape index (κ2) is 6.35. The summed E-state index contributed by atoms with van der Waals surface area (Å²) in [6, 6.07) is 10.1. The molecule has 110 valence electrons. The van der Waals surface area contributed by atoms with Gasteiger partial charge in [-0.3, -0.25) is 0 Å². The van der Waals surface area contributed by atoms with Crippen LogP contribution in [0.4, 0.5) is 14.5 Å². The van der Waals surface area contributed by atoms with E-state index in [4.69, 9.17) is 0 Å². The molecule has 0 amide bonds. The van der Waals surface area contributed by atoms with E-state index in [2.05, 4.69) is 10.1 Å². The molecule has 0 aliphatic carbocycles. The Bertz CT molecular complexity index is 671. The Hall–Kier alpha value is -2.43. The zero-order valence-corrected chi connectivity index (χ0v) is 11.7. The van der Waals surface area contributed by atoms with Crippen molar-refractivity contribution < 1.29 is 18.3 Å². The van der Waals surface area contributed by atoms with E-state index >= 15 is 0 Å². The first-order valence-corrected chi connectivity index (χ1v) is 6.39. The first-order chi connectivity index (χ1) is 10.0. The lowest BCUT2D eigenvalue weighted by Gasteiger charge is -2.11. The molecule has 0 atom stereocenters. The summed E-state index contributed by atoms with van der Waals surface area (Å²) in [5.74, 6) is -3.21. The summed E-state index contributed by atoms with van der Waals surface area (Å²) < 4.78 is 32.1. The summed E-state index contributed by atoms with van der Waals surface area (Å²) in [5, 5.41) is 2.83. The number of methoxy groups -OCH3 is 1. The van der Waals surface area contributed by atoms with Crippen LogP contribution in [0.3, 0.4) is 0 Å². The minimum atomic E-state index is -1.21. The number of hydrogen-bond acceptors (Lipinski definition) is 3. The quantitative estimate of drug-likeness (QED) is 0.873. The van der Waals surface area contributed by atoms with Crippen LogP contribution in [0.15, 0.2) is 36.4 Å². The zero-order chi connectivity index (χ0) is 15.4. The van der Waals surface area contributed by atoms with E-state index in [-0.39, 0.29) is 5.69 Å². The molecule has 2 rings (SSSR count). The molecule has 0 saturated carbocycles. The lowest BCUT2D eigenvalue weighted by molar-refractivity contribution is 0.0594. The Morgan fingerprint density at radius 2 is 1.86 bits per heavy atom. The van der Waals surface area contributed by atoms with Gasteiger partial charge in [0.05, 0.1) is 18.4 Å². The molecule has 0 fully saturated rings. The van der Waals surface area contributed by atoms with Crippen LogP contribution in [0.2, 0.25) is 0 Å². The number of hydrogen-bond donors (Lipinski definition) is 1. The van der Waals surface area contributed by atoms with Crippen molar-refractivity contribution in [3.63, 3.8) is 0 Å². The van der Waals surface area contributed by atoms with Crippen LogP contribution in [0, 0.1) is 18.6 Å². The molecule has 2 aromatic rings. The number of carbonyl (C=O) groups excluding carboxylic acids is 1. The molecule has 2 aromatic carbocycles. The fraction of sp³-hybridized carbons (Fsp3) is 0.188. The van der Waals surface area contributed by atoms with Crippen molar-refractivity contribution in [2.45, 2.75) is 13.5 Å². The molecule has 0 aliphatic rings. The Morgan fingerprint density at radius 1 is 1.14 bits per heavy atom.